The molecule has 0 radical (unpaired) electrons. The SMILES string of the molecule is Nc1ccc(N2CCC2=O)c(F)c1. The zero-order chi connectivity index (χ0) is 9.42. The van der Waals surface area contributed by atoms with Gasteiger partial charge in [0.2, 0.25) is 5.91 Å². The summed E-state index contributed by atoms with van der Waals surface area (Å²) in [6.07, 6.45) is 0.504. The summed E-state index contributed by atoms with van der Waals surface area (Å²) in [4.78, 5) is 12.4. The molecular formula is C9H9FN2O. The van der Waals surface area contributed by atoms with E-state index in [1.54, 1.807) is 6.07 Å². The van der Waals surface area contributed by atoms with Crippen LogP contribution in [0.5, 0.6) is 0 Å². The standard InChI is InChI=1S/C9H9FN2O/c10-7-5-6(11)1-2-8(7)12-4-3-9(12)13/h1-2,5H,3-4,11H2. The lowest BCUT2D eigenvalue weighted by molar-refractivity contribution is -0.122. The van der Waals surface area contributed by atoms with E-state index in [9.17, 15) is 9.18 Å². The predicted molar refractivity (Wildman–Crippen MR) is 47.8 cm³/mol. The molecule has 0 atom stereocenters. The van der Waals surface area contributed by atoms with Gasteiger partial charge in [-0.1, -0.05) is 0 Å². The van der Waals surface area contributed by atoms with Gasteiger partial charge in [0.05, 0.1) is 5.69 Å². The van der Waals surface area contributed by atoms with Crippen molar-refractivity contribution in [3.8, 4) is 0 Å². The van der Waals surface area contributed by atoms with Crippen LogP contribution in [-0.4, -0.2) is 12.5 Å². The molecule has 13 heavy (non-hydrogen) atoms. The Morgan fingerprint density at radius 2 is 2.23 bits per heavy atom. The molecule has 4 heteroatoms. The number of hydrogen-bond acceptors (Lipinski definition) is 2. The van der Waals surface area contributed by atoms with Gasteiger partial charge in [-0.15, -0.1) is 0 Å². The molecule has 1 saturated heterocycles. The van der Waals surface area contributed by atoms with Crippen molar-refractivity contribution in [2.24, 2.45) is 0 Å². The Kier molecular flexibility index (Phi) is 1.69. The highest BCUT2D eigenvalue weighted by Crippen LogP contribution is 2.26. The molecule has 1 aliphatic heterocycles. The molecule has 2 N–H and O–H groups in total. The number of hydrogen-bond donors (Lipinski definition) is 1. The number of rotatable bonds is 1. The first-order valence-corrected chi connectivity index (χ1v) is 4.04. The van der Waals surface area contributed by atoms with Crippen molar-refractivity contribution in [3.05, 3.63) is 24.0 Å². The normalized spacial score (nSPS) is 15.8. The van der Waals surface area contributed by atoms with Crippen LogP contribution in [0.4, 0.5) is 15.8 Å². The molecule has 1 aromatic rings. The number of β-lactam (4-membered cyclic amide) rings is 1. The summed E-state index contributed by atoms with van der Waals surface area (Å²) in [5, 5.41) is 0. The number of nitrogens with two attached hydrogens (primary N) is 1. The Morgan fingerprint density at radius 1 is 1.46 bits per heavy atom. The topological polar surface area (TPSA) is 46.3 Å². The van der Waals surface area contributed by atoms with Crippen molar-refractivity contribution in [2.45, 2.75) is 6.42 Å². The van der Waals surface area contributed by atoms with Gasteiger partial charge in [0.1, 0.15) is 5.82 Å². The van der Waals surface area contributed by atoms with Crippen molar-refractivity contribution >= 4 is 17.3 Å². The number of anilines is 2. The first-order chi connectivity index (χ1) is 6.18. The summed E-state index contributed by atoms with van der Waals surface area (Å²) >= 11 is 0. The van der Waals surface area contributed by atoms with Crippen LogP contribution in [0.1, 0.15) is 6.42 Å². The van der Waals surface area contributed by atoms with Gasteiger partial charge < -0.3 is 10.6 Å². The zero-order valence-electron chi connectivity index (χ0n) is 6.96. The van der Waals surface area contributed by atoms with Crippen LogP contribution in [0.25, 0.3) is 0 Å². The van der Waals surface area contributed by atoms with E-state index in [4.69, 9.17) is 5.73 Å². The Morgan fingerprint density at radius 3 is 2.69 bits per heavy atom. The van der Waals surface area contributed by atoms with Crippen LogP contribution in [0.2, 0.25) is 0 Å². The maximum absolute atomic E-state index is 13.2. The fourth-order valence-corrected chi connectivity index (χ4v) is 1.31. The quantitative estimate of drug-likeness (QED) is 0.520. The third-order valence-corrected chi connectivity index (χ3v) is 2.11. The molecule has 1 fully saturated rings. The van der Waals surface area contributed by atoms with Crippen molar-refractivity contribution in [1.29, 1.82) is 0 Å². The first-order valence-electron chi connectivity index (χ1n) is 4.04. The molecule has 0 saturated carbocycles. The zero-order valence-corrected chi connectivity index (χ0v) is 6.96. The molecule has 0 aliphatic carbocycles. The maximum atomic E-state index is 13.2. The molecule has 1 aliphatic rings. The van der Waals surface area contributed by atoms with E-state index in [0.717, 1.165) is 0 Å². The van der Waals surface area contributed by atoms with Gasteiger partial charge in [0.15, 0.2) is 0 Å². The van der Waals surface area contributed by atoms with E-state index in [1.807, 2.05) is 0 Å². The van der Waals surface area contributed by atoms with Crippen molar-refractivity contribution in [3.63, 3.8) is 0 Å². The summed E-state index contributed by atoms with van der Waals surface area (Å²) in [6.45, 7) is 0.597. The molecule has 1 heterocycles. The second kappa shape index (κ2) is 2.73. The van der Waals surface area contributed by atoms with Gasteiger partial charge in [-0.3, -0.25) is 4.79 Å². The van der Waals surface area contributed by atoms with Crippen LogP contribution >= 0.6 is 0 Å². The minimum Gasteiger partial charge on any atom is -0.399 e. The van der Waals surface area contributed by atoms with Gasteiger partial charge >= 0.3 is 0 Å². The van der Waals surface area contributed by atoms with E-state index in [-0.39, 0.29) is 5.91 Å². The largest absolute Gasteiger partial charge is 0.399 e. The highest BCUT2D eigenvalue weighted by atomic mass is 19.1. The number of nitrogens with zero attached hydrogens (tertiary/aromatic N) is 1. The highest BCUT2D eigenvalue weighted by molar-refractivity contribution is 5.99. The van der Waals surface area contributed by atoms with Gasteiger partial charge in [-0.05, 0) is 18.2 Å². The predicted octanol–water partition coefficient (Wildman–Crippen LogP) is 1.14. The average molecular weight is 180 g/mol. The summed E-state index contributed by atoms with van der Waals surface area (Å²) < 4.78 is 13.2. The van der Waals surface area contributed by atoms with Crippen molar-refractivity contribution in [2.75, 3.05) is 17.2 Å². The van der Waals surface area contributed by atoms with E-state index in [2.05, 4.69) is 0 Å². The number of halogens is 1. The monoisotopic (exact) mass is 180 g/mol. The van der Waals surface area contributed by atoms with E-state index in [1.165, 1.54) is 17.0 Å². The van der Waals surface area contributed by atoms with Gasteiger partial charge in [-0.2, -0.15) is 0 Å². The van der Waals surface area contributed by atoms with E-state index < -0.39 is 5.82 Å². The lowest BCUT2D eigenvalue weighted by atomic mass is 10.1. The van der Waals surface area contributed by atoms with Gasteiger partial charge in [-0.25, -0.2) is 4.39 Å². The van der Waals surface area contributed by atoms with Gasteiger partial charge in [0.25, 0.3) is 0 Å². The minimum absolute atomic E-state index is 0.0383. The Bertz CT molecular complexity index is 365. The highest BCUT2D eigenvalue weighted by Gasteiger charge is 2.27. The third-order valence-electron chi connectivity index (χ3n) is 2.11. The van der Waals surface area contributed by atoms with E-state index >= 15 is 0 Å². The second-order valence-corrected chi connectivity index (χ2v) is 3.01. The Labute approximate surface area is 74.9 Å². The van der Waals surface area contributed by atoms with Crippen LogP contribution < -0.4 is 10.6 Å². The summed E-state index contributed by atoms with van der Waals surface area (Å²) in [6, 6.07) is 4.34. The lowest BCUT2D eigenvalue weighted by Gasteiger charge is -2.30. The summed E-state index contributed by atoms with van der Waals surface area (Å²) in [5.74, 6) is -0.475. The molecule has 0 spiro atoms. The summed E-state index contributed by atoms with van der Waals surface area (Å²) in [5.41, 5.74) is 6.07. The van der Waals surface area contributed by atoms with Gasteiger partial charge in [0, 0.05) is 18.7 Å². The third kappa shape index (κ3) is 1.24. The van der Waals surface area contributed by atoms with E-state index in [0.29, 0.717) is 24.3 Å². The Hall–Kier alpha value is -1.58. The minimum atomic E-state index is -0.437. The van der Waals surface area contributed by atoms with Crippen LogP contribution in [0, 0.1) is 5.82 Å². The molecule has 1 aromatic carbocycles. The number of carbonyl (C=O) groups excluding carboxylic acids is 1. The number of benzene rings is 1. The van der Waals surface area contributed by atoms with Crippen LogP contribution in [-0.2, 0) is 4.79 Å². The average Bonchev–Trinajstić information content (AvgIpc) is 2.07. The maximum Gasteiger partial charge on any atom is 0.228 e. The van der Waals surface area contributed by atoms with Crippen LogP contribution in [0.15, 0.2) is 18.2 Å². The number of carbonyl (C=O) groups is 1. The first kappa shape index (κ1) is 8.04. The lowest BCUT2D eigenvalue weighted by Crippen LogP contribution is -2.43. The molecule has 68 valence electrons. The van der Waals surface area contributed by atoms with Crippen molar-refractivity contribution < 1.29 is 9.18 Å². The smallest absolute Gasteiger partial charge is 0.228 e. The fourth-order valence-electron chi connectivity index (χ4n) is 1.31. The molecule has 0 bridgehead atoms. The number of nitrogen functional groups attached to an aromatic ring is 1. The molecule has 3 nitrogen and oxygen atoms in total. The number of amides is 1. The molecule has 0 aromatic heterocycles. The van der Waals surface area contributed by atoms with Crippen molar-refractivity contribution in [1.82, 2.24) is 0 Å². The van der Waals surface area contributed by atoms with Crippen LogP contribution in [0.3, 0.4) is 0 Å². The summed E-state index contributed by atoms with van der Waals surface area (Å²) in [7, 11) is 0. The Balaban J connectivity index is 2.35. The second-order valence-electron chi connectivity index (χ2n) is 3.01. The molecule has 1 amide bonds. The molecule has 0 unspecified atom stereocenters. The molecular weight excluding hydrogens is 171 g/mol. The molecule has 2 rings (SSSR count). The fraction of sp³-hybridized carbons (Fsp3) is 0.222.